The zero-order valence-corrected chi connectivity index (χ0v) is 14.1. The number of rotatable bonds is 5. The summed E-state index contributed by atoms with van der Waals surface area (Å²) >= 11 is 3.22. The number of allylic oxidation sites excluding steroid dienone is 1. The predicted molar refractivity (Wildman–Crippen MR) is 90.4 cm³/mol. The Morgan fingerprint density at radius 1 is 1.09 bits per heavy atom. The fourth-order valence-electron chi connectivity index (χ4n) is 1.94. The van der Waals surface area contributed by atoms with Gasteiger partial charge in [-0.15, -0.1) is 0 Å². The van der Waals surface area contributed by atoms with Crippen LogP contribution in [0, 0.1) is 0 Å². The Morgan fingerprint density at radius 2 is 1.78 bits per heavy atom. The summed E-state index contributed by atoms with van der Waals surface area (Å²) in [5, 5.41) is 19.3. The van der Waals surface area contributed by atoms with E-state index in [1.807, 2.05) is 0 Å². The Labute approximate surface area is 141 Å². The lowest BCUT2D eigenvalue weighted by atomic mass is 10.1. The van der Waals surface area contributed by atoms with Crippen LogP contribution in [-0.2, 0) is 0 Å². The summed E-state index contributed by atoms with van der Waals surface area (Å²) in [4.78, 5) is 12.2. The second-order valence-electron chi connectivity index (χ2n) is 4.64. The summed E-state index contributed by atoms with van der Waals surface area (Å²) in [6, 6.07) is 7.66. The van der Waals surface area contributed by atoms with Crippen molar-refractivity contribution in [3.8, 4) is 23.0 Å². The summed E-state index contributed by atoms with van der Waals surface area (Å²) in [7, 11) is 2.86. The molecule has 0 aliphatic carbocycles. The van der Waals surface area contributed by atoms with Gasteiger partial charge in [-0.1, -0.05) is 6.08 Å². The maximum absolute atomic E-state index is 12.2. The van der Waals surface area contributed by atoms with Gasteiger partial charge in [-0.2, -0.15) is 0 Å². The number of carbonyl (C=O) groups excluding carboxylic acids is 1. The molecule has 0 aliphatic heterocycles. The molecule has 0 unspecified atom stereocenters. The fourth-order valence-corrected chi connectivity index (χ4v) is 2.40. The molecule has 0 spiro atoms. The molecule has 2 aromatic carbocycles. The van der Waals surface area contributed by atoms with Crippen LogP contribution in [0.3, 0.4) is 0 Å². The molecule has 0 radical (unpaired) electrons. The van der Waals surface area contributed by atoms with Crippen molar-refractivity contribution in [1.82, 2.24) is 0 Å². The lowest BCUT2D eigenvalue weighted by molar-refractivity contribution is 0.104. The molecule has 120 valence electrons. The normalized spacial score (nSPS) is 10.7. The molecule has 0 aliphatic rings. The van der Waals surface area contributed by atoms with Gasteiger partial charge in [0.05, 0.1) is 18.7 Å². The molecule has 2 aromatic rings. The highest BCUT2D eigenvalue weighted by Crippen LogP contribution is 2.35. The Bertz CT molecular complexity index is 768. The molecule has 0 amide bonds. The van der Waals surface area contributed by atoms with Gasteiger partial charge in [-0.25, -0.2) is 0 Å². The third-order valence-corrected chi connectivity index (χ3v) is 3.77. The summed E-state index contributed by atoms with van der Waals surface area (Å²) in [6.07, 6.45) is 3.00. The van der Waals surface area contributed by atoms with Gasteiger partial charge in [0, 0.05) is 5.56 Å². The van der Waals surface area contributed by atoms with E-state index in [1.54, 1.807) is 18.2 Å². The van der Waals surface area contributed by atoms with Crippen molar-refractivity contribution in [2.75, 3.05) is 14.2 Å². The van der Waals surface area contributed by atoms with Gasteiger partial charge < -0.3 is 19.7 Å². The Morgan fingerprint density at radius 3 is 2.43 bits per heavy atom. The lowest BCUT2D eigenvalue weighted by Crippen LogP contribution is -1.95. The maximum atomic E-state index is 12.2. The van der Waals surface area contributed by atoms with Gasteiger partial charge in [0.2, 0.25) is 0 Å². The largest absolute Gasteiger partial charge is 0.504 e. The first kappa shape index (κ1) is 16.9. The minimum absolute atomic E-state index is 0.000697. The van der Waals surface area contributed by atoms with Crippen molar-refractivity contribution in [3.63, 3.8) is 0 Å². The van der Waals surface area contributed by atoms with Crippen LogP contribution < -0.4 is 9.47 Å². The molecule has 2 N–H and O–H groups in total. The van der Waals surface area contributed by atoms with E-state index in [0.717, 1.165) is 0 Å². The summed E-state index contributed by atoms with van der Waals surface area (Å²) < 4.78 is 10.5. The predicted octanol–water partition coefficient (Wildman–Crippen LogP) is 3.77. The van der Waals surface area contributed by atoms with Gasteiger partial charge in [-0.3, -0.25) is 4.79 Å². The molecular weight excluding hydrogens is 364 g/mol. The van der Waals surface area contributed by atoms with Gasteiger partial charge in [0.25, 0.3) is 0 Å². The molecule has 2 rings (SSSR count). The minimum Gasteiger partial charge on any atom is -0.504 e. The van der Waals surface area contributed by atoms with Crippen molar-refractivity contribution < 1.29 is 24.5 Å². The van der Waals surface area contributed by atoms with Crippen LogP contribution in [0.5, 0.6) is 23.0 Å². The van der Waals surface area contributed by atoms with Gasteiger partial charge >= 0.3 is 0 Å². The first-order chi connectivity index (χ1) is 11.0. The number of benzene rings is 2. The number of carbonyl (C=O) groups is 1. The van der Waals surface area contributed by atoms with Crippen molar-refractivity contribution in [1.29, 1.82) is 0 Å². The molecular formula is C17H15BrO5. The number of hydrogen-bond donors (Lipinski definition) is 2. The van der Waals surface area contributed by atoms with Crippen molar-refractivity contribution in [3.05, 3.63) is 52.0 Å². The zero-order chi connectivity index (χ0) is 17.0. The number of methoxy groups -OCH3 is 2. The molecule has 5 nitrogen and oxygen atoms in total. The van der Waals surface area contributed by atoms with Crippen LogP contribution in [0.15, 0.2) is 40.9 Å². The highest BCUT2D eigenvalue weighted by atomic mass is 79.9. The molecule has 0 aromatic heterocycles. The van der Waals surface area contributed by atoms with Gasteiger partial charge in [0.1, 0.15) is 0 Å². The third-order valence-electron chi connectivity index (χ3n) is 3.16. The highest BCUT2D eigenvalue weighted by Gasteiger charge is 2.09. The van der Waals surface area contributed by atoms with Crippen molar-refractivity contribution >= 4 is 27.8 Å². The molecule has 0 saturated carbocycles. The second kappa shape index (κ2) is 7.19. The Balaban J connectivity index is 2.26. The quantitative estimate of drug-likeness (QED) is 0.611. The topological polar surface area (TPSA) is 76.0 Å². The smallest absolute Gasteiger partial charge is 0.185 e. The van der Waals surface area contributed by atoms with E-state index in [4.69, 9.17) is 9.47 Å². The fraction of sp³-hybridized carbons (Fsp3) is 0.118. The molecule has 0 bridgehead atoms. The minimum atomic E-state index is -0.244. The highest BCUT2D eigenvalue weighted by molar-refractivity contribution is 9.10. The molecule has 0 saturated heterocycles. The van der Waals surface area contributed by atoms with E-state index in [0.29, 0.717) is 21.3 Å². The number of phenols is 2. The van der Waals surface area contributed by atoms with E-state index in [-0.39, 0.29) is 23.0 Å². The van der Waals surface area contributed by atoms with Crippen LogP contribution in [-0.4, -0.2) is 30.2 Å². The summed E-state index contributed by atoms with van der Waals surface area (Å²) in [5.41, 5.74) is 1.08. The lowest BCUT2D eigenvalue weighted by Gasteiger charge is -2.06. The van der Waals surface area contributed by atoms with E-state index < -0.39 is 0 Å². The standard InChI is InChI=1S/C17H15BrO5/c1-22-15-9-11(4-6-14(15)20)13(19)5-3-10-7-12(18)17(21)16(8-10)23-2/h3-9,20-21H,1-2H3/b5-3+. The van der Waals surface area contributed by atoms with Crippen LogP contribution in [0.4, 0.5) is 0 Å². The number of phenolic OH excluding ortho intramolecular Hbond substituents is 2. The number of aromatic hydroxyl groups is 2. The van der Waals surface area contributed by atoms with Crippen LogP contribution in [0.2, 0.25) is 0 Å². The molecule has 6 heteroatoms. The number of halogens is 1. The average Bonchev–Trinajstić information content (AvgIpc) is 2.55. The SMILES string of the molecule is COc1cc(C(=O)/C=C/c2cc(Br)c(O)c(OC)c2)ccc1O. The Hall–Kier alpha value is -2.47. The van der Waals surface area contributed by atoms with Crippen LogP contribution in [0.1, 0.15) is 15.9 Å². The monoisotopic (exact) mass is 378 g/mol. The van der Waals surface area contributed by atoms with Gasteiger partial charge in [0.15, 0.2) is 28.8 Å². The second-order valence-corrected chi connectivity index (χ2v) is 5.49. The number of hydrogen-bond acceptors (Lipinski definition) is 5. The van der Waals surface area contributed by atoms with Crippen LogP contribution in [0.25, 0.3) is 6.08 Å². The number of ether oxygens (including phenoxy) is 2. The van der Waals surface area contributed by atoms with Crippen molar-refractivity contribution in [2.45, 2.75) is 0 Å². The molecule has 0 atom stereocenters. The number of ketones is 1. The third kappa shape index (κ3) is 3.84. The Kier molecular flexibility index (Phi) is 5.28. The molecule has 23 heavy (non-hydrogen) atoms. The first-order valence-electron chi connectivity index (χ1n) is 6.62. The average molecular weight is 379 g/mol. The van der Waals surface area contributed by atoms with Crippen molar-refractivity contribution in [2.24, 2.45) is 0 Å². The van der Waals surface area contributed by atoms with E-state index >= 15 is 0 Å². The zero-order valence-electron chi connectivity index (χ0n) is 12.5. The molecule has 0 fully saturated rings. The summed E-state index contributed by atoms with van der Waals surface area (Å²) in [6.45, 7) is 0. The summed E-state index contributed by atoms with van der Waals surface area (Å²) in [5.74, 6) is 0.266. The van der Waals surface area contributed by atoms with Gasteiger partial charge in [-0.05, 0) is 57.9 Å². The molecule has 0 heterocycles. The van der Waals surface area contributed by atoms with E-state index in [9.17, 15) is 15.0 Å². The first-order valence-corrected chi connectivity index (χ1v) is 7.41. The maximum Gasteiger partial charge on any atom is 0.185 e. The van der Waals surface area contributed by atoms with E-state index in [1.165, 1.54) is 38.5 Å². The van der Waals surface area contributed by atoms with Crippen LogP contribution >= 0.6 is 15.9 Å². The van der Waals surface area contributed by atoms with E-state index in [2.05, 4.69) is 15.9 Å².